The number of H-pyrrole nitrogens is 1. The zero-order chi connectivity index (χ0) is 21.1. The molecule has 3 N–H and O–H groups in total. The van der Waals surface area contributed by atoms with Crippen LogP contribution in [0.5, 0.6) is 0 Å². The van der Waals surface area contributed by atoms with Gasteiger partial charge in [-0.1, -0.05) is 0 Å². The largest absolute Gasteiger partial charge is 0.481 e. The van der Waals surface area contributed by atoms with Gasteiger partial charge >= 0.3 is 5.97 Å². The summed E-state index contributed by atoms with van der Waals surface area (Å²) < 4.78 is 15.5. The van der Waals surface area contributed by atoms with Crippen molar-refractivity contribution in [2.75, 3.05) is 5.32 Å². The maximum Gasteiger partial charge on any atom is 0.308 e. The second kappa shape index (κ2) is 7.00. The Kier molecular flexibility index (Phi) is 4.23. The van der Waals surface area contributed by atoms with E-state index in [9.17, 15) is 9.90 Å². The van der Waals surface area contributed by atoms with Crippen molar-refractivity contribution in [1.82, 2.24) is 19.9 Å². The van der Waals surface area contributed by atoms with Gasteiger partial charge in [-0.25, -0.2) is 19.3 Å². The molecule has 2 bridgehead atoms. The number of halogens is 1. The van der Waals surface area contributed by atoms with Crippen LogP contribution in [0.3, 0.4) is 0 Å². The summed E-state index contributed by atoms with van der Waals surface area (Å²) in [7, 11) is 0. The van der Waals surface area contributed by atoms with Gasteiger partial charge in [0.2, 0.25) is 0 Å². The highest BCUT2D eigenvalue weighted by atomic mass is 19.1. The van der Waals surface area contributed by atoms with Crippen LogP contribution in [-0.2, 0) is 4.79 Å². The highest BCUT2D eigenvalue weighted by Gasteiger charge is 2.47. The van der Waals surface area contributed by atoms with Gasteiger partial charge in [-0.15, -0.1) is 0 Å². The SMILES string of the molecule is O=C(O)C1C2CCC(CC2)C1Nc1nc(-c2c[nH]c3ncncc23)cc(C2CC2)c1F. The summed E-state index contributed by atoms with van der Waals surface area (Å²) in [6.07, 6.45) is 10.8. The highest BCUT2D eigenvalue weighted by molar-refractivity contribution is 5.92. The monoisotopic (exact) mass is 421 g/mol. The number of rotatable bonds is 5. The maximum absolute atomic E-state index is 15.5. The van der Waals surface area contributed by atoms with Crippen molar-refractivity contribution in [2.24, 2.45) is 17.8 Å². The third-order valence-corrected chi connectivity index (χ3v) is 7.44. The molecule has 0 saturated heterocycles. The highest BCUT2D eigenvalue weighted by Crippen LogP contribution is 2.48. The number of aliphatic carboxylic acids is 1. The van der Waals surface area contributed by atoms with Crippen LogP contribution in [0.2, 0.25) is 0 Å². The molecule has 7 nitrogen and oxygen atoms in total. The van der Waals surface area contributed by atoms with Crippen molar-refractivity contribution in [2.45, 2.75) is 50.5 Å². The van der Waals surface area contributed by atoms with Crippen LogP contribution in [0, 0.1) is 23.6 Å². The minimum Gasteiger partial charge on any atom is -0.481 e. The lowest BCUT2D eigenvalue weighted by Crippen LogP contribution is -2.51. The molecule has 0 amide bonds. The number of carboxylic acid groups (broad SMARTS) is 1. The fraction of sp³-hybridized carbons (Fsp3) is 0.478. The summed E-state index contributed by atoms with van der Waals surface area (Å²) in [6.45, 7) is 0. The first-order chi connectivity index (χ1) is 15.1. The van der Waals surface area contributed by atoms with E-state index in [1.807, 2.05) is 12.3 Å². The van der Waals surface area contributed by atoms with Crippen LogP contribution < -0.4 is 5.32 Å². The number of hydrogen-bond acceptors (Lipinski definition) is 5. The summed E-state index contributed by atoms with van der Waals surface area (Å²) in [5, 5.41) is 14.0. The van der Waals surface area contributed by atoms with E-state index in [-0.39, 0.29) is 35.4 Å². The Bertz CT molecular complexity index is 1170. The summed E-state index contributed by atoms with van der Waals surface area (Å²) in [4.78, 5) is 28.2. The summed E-state index contributed by atoms with van der Waals surface area (Å²) in [6, 6.07) is 1.54. The smallest absolute Gasteiger partial charge is 0.308 e. The van der Waals surface area contributed by atoms with Gasteiger partial charge in [0.25, 0.3) is 0 Å². The minimum absolute atomic E-state index is 0.153. The number of hydrogen-bond donors (Lipinski definition) is 3. The first-order valence-corrected chi connectivity index (χ1v) is 11.1. The van der Waals surface area contributed by atoms with Crippen LogP contribution in [-0.4, -0.2) is 37.1 Å². The first kappa shape index (κ1) is 18.7. The average Bonchev–Trinajstić information content (AvgIpc) is 3.54. The lowest BCUT2D eigenvalue weighted by molar-refractivity contribution is -0.148. The van der Waals surface area contributed by atoms with E-state index in [1.54, 1.807) is 6.20 Å². The predicted molar refractivity (Wildman–Crippen MR) is 113 cm³/mol. The topological polar surface area (TPSA) is 104 Å². The molecule has 31 heavy (non-hydrogen) atoms. The Morgan fingerprint density at radius 2 is 1.94 bits per heavy atom. The van der Waals surface area contributed by atoms with E-state index in [1.165, 1.54) is 6.33 Å². The first-order valence-electron chi connectivity index (χ1n) is 11.1. The molecule has 3 aromatic rings. The van der Waals surface area contributed by atoms with Crippen LogP contribution in [0.1, 0.15) is 50.0 Å². The molecule has 3 heterocycles. The lowest BCUT2D eigenvalue weighted by Gasteiger charge is -2.47. The molecule has 0 spiro atoms. The summed E-state index contributed by atoms with van der Waals surface area (Å²) >= 11 is 0. The number of fused-ring (bicyclic) bond motifs is 4. The fourth-order valence-corrected chi connectivity index (χ4v) is 5.72. The molecule has 4 saturated carbocycles. The minimum atomic E-state index is -0.792. The molecule has 0 radical (unpaired) electrons. The number of nitrogens with zero attached hydrogens (tertiary/aromatic N) is 3. The van der Waals surface area contributed by atoms with Crippen molar-refractivity contribution >= 4 is 22.8 Å². The molecule has 7 rings (SSSR count). The molecule has 4 fully saturated rings. The number of nitrogens with one attached hydrogen (secondary N) is 2. The average molecular weight is 421 g/mol. The van der Waals surface area contributed by atoms with Crippen LogP contribution in [0.15, 0.2) is 24.8 Å². The molecule has 2 atom stereocenters. The zero-order valence-electron chi connectivity index (χ0n) is 17.0. The van der Waals surface area contributed by atoms with Gasteiger partial charge in [-0.3, -0.25) is 4.79 Å². The summed E-state index contributed by atoms with van der Waals surface area (Å²) in [5.74, 6) is -0.867. The van der Waals surface area contributed by atoms with Gasteiger partial charge in [0.05, 0.1) is 11.6 Å². The van der Waals surface area contributed by atoms with Crippen molar-refractivity contribution in [3.8, 4) is 11.3 Å². The number of pyridine rings is 1. The van der Waals surface area contributed by atoms with Gasteiger partial charge in [-0.05, 0) is 67.9 Å². The molecule has 2 unspecified atom stereocenters. The quantitative estimate of drug-likeness (QED) is 0.566. The molecule has 0 aliphatic heterocycles. The number of carbonyl (C=O) groups is 1. The molecule has 4 aliphatic carbocycles. The Morgan fingerprint density at radius 3 is 2.68 bits per heavy atom. The third-order valence-electron chi connectivity index (χ3n) is 7.44. The van der Waals surface area contributed by atoms with E-state index in [2.05, 4.69) is 25.3 Å². The number of aromatic amines is 1. The zero-order valence-corrected chi connectivity index (χ0v) is 17.0. The maximum atomic E-state index is 15.5. The van der Waals surface area contributed by atoms with Crippen LogP contribution >= 0.6 is 0 Å². The van der Waals surface area contributed by atoms with E-state index in [0.717, 1.165) is 49.5 Å². The number of aromatic nitrogens is 4. The fourth-order valence-electron chi connectivity index (χ4n) is 5.72. The van der Waals surface area contributed by atoms with Gasteiger partial charge in [0.1, 0.15) is 12.0 Å². The van der Waals surface area contributed by atoms with Gasteiger partial charge in [-0.2, -0.15) is 0 Å². The molecule has 8 heteroatoms. The summed E-state index contributed by atoms with van der Waals surface area (Å²) in [5.41, 5.74) is 2.83. The van der Waals surface area contributed by atoms with E-state index in [4.69, 9.17) is 0 Å². The standard InChI is InChI=1S/C23H24FN5O2/c24-19-14(11-1-2-11)7-17(15-9-26-21-16(15)8-25-10-27-21)28-22(19)29-20-13-5-3-12(4-6-13)18(20)23(30)31/h7-13,18,20H,1-6H2,(H,28,29)(H,30,31)(H,25,26,27). The van der Waals surface area contributed by atoms with E-state index in [0.29, 0.717) is 16.9 Å². The van der Waals surface area contributed by atoms with Crippen molar-refractivity contribution in [3.05, 3.63) is 36.2 Å². The Balaban J connectivity index is 1.44. The van der Waals surface area contributed by atoms with Gasteiger partial charge in [0.15, 0.2) is 11.6 Å². The Morgan fingerprint density at radius 1 is 1.16 bits per heavy atom. The predicted octanol–water partition coefficient (Wildman–Crippen LogP) is 4.34. The third kappa shape index (κ3) is 3.07. The Hall–Kier alpha value is -3.03. The van der Waals surface area contributed by atoms with Gasteiger partial charge in [0, 0.05) is 29.4 Å². The van der Waals surface area contributed by atoms with E-state index >= 15 is 4.39 Å². The van der Waals surface area contributed by atoms with E-state index < -0.39 is 11.9 Å². The molecule has 0 aromatic carbocycles. The molecule has 3 aromatic heterocycles. The van der Waals surface area contributed by atoms with Crippen molar-refractivity contribution in [1.29, 1.82) is 0 Å². The molecular weight excluding hydrogens is 397 g/mol. The number of carboxylic acids is 1. The molecule has 4 aliphatic rings. The lowest BCUT2D eigenvalue weighted by atomic mass is 9.61. The van der Waals surface area contributed by atoms with Crippen molar-refractivity contribution in [3.63, 3.8) is 0 Å². The second-order valence-corrected chi connectivity index (χ2v) is 9.23. The van der Waals surface area contributed by atoms with Crippen molar-refractivity contribution < 1.29 is 14.3 Å². The Labute approximate surface area is 178 Å². The van der Waals surface area contributed by atoms with Crippen LogP contribution in [0.25, 0.3) is 22.3 Å². The molecule has 160 valence electrons. The normalized spacial score (nSPS) is 27.5. The number of anilines is 1. The second-order valence-electron chi connectivity index (χ2n) is 9.23. The van der Waals surface area contributed by atoms with Crippen LogP contribution in [0.4, 0.5) is 10.2 Å². The molecular formula is C23H24FN5O2. The van der Waals surface area contributed by atoms with Gasteiger partial charge < -0.3 is 15.4 Å².